The molecule has 4 aliphatic rings. The van der Waals surface area contributed by atoms with Crippen LogP contribution in [0.15, 0.2) is 69.7 Å². The summed E-state index contributed by atoms with van der Waals surface area (Å²) >= 11 is 3.85. The van der Waals surface area contributed by atoms with Crippen LogP contribution in [-0.2, 0) is 0 Å². The van der Waals surface area contributed by atoms with Crippen LogP contribution in [0, 0.1) is 0 Å². The van der Waals surface area contributed by atoms with Crippen LogP contribution in [-0.4, -0.2) is 77.2 Å². The maximum absolute atomic E-state index is 10.2. The van der Waals surface area contributed by atoms with Gasteiger partial charge in [-0.15, -0.1) is 23.5 Å². The van der Waals surface area contributed by atoms with E-state index in [9.17, 15) is 15.3 Å². The summed E-state index contributed by atoms with van der Waals surface area (Å²) in [5.41, 5.74) is 5.61. The van der Waals surface area contributed by atoms with Crippen LogP contribution in [0.5, 0.6) is 11.5 Å². The Morgan fingerprint density at radius 3 is 2.40 bits per heavy atom. The summed E-state index contributed by atoms with van der Waals surface area (Å²) in [7, 11) is 0. The number of fused-ring (bicyclic) bond motifs is 2. The number of allylic oxidation sites excluding steroid dienone is 1. The minimum atomic E-state index is -0.0995. The van der Waals surface area contributed by atoms with Gasteiger partial charge < -0.3 is 25.0 Å². The average molecular weight is 509 g/mol. The lowest BCUT2D eigenvalue weighted by molar-refractivity contribution is 0.151. The maximum atomic E-state index is 10.2. The van der Waals surface area contributed by atoms with Crippen LogP contribution in [0.3, 0.4) is 0 Å². The molecule has 2 aromatic carbocycles. The number of aliphatic hydroxyl groups is 2. The van der Waals surface area contributed by atoms with Crippen molar-refractivity contribution < 1.29 is 20.1 Å². The summed E-state index contributed by atoms with van der Waals surface area (Å²) in [6.07, 6.45) is 6.25. The molecule has 0 saturated carbocycles. The van der Waals surface area contributed by atoms with E-state index in [1.807, 2.05) is 40.6 Å². The van der Waals surface area contributed by atoms with E-state index in [1.54, 1.807) is 12.1 Å². The van der Waals surface area contributed by atoms with Gasteiger partial charge in [0.05, 0.1) is 24.9 Å². The predicted molar refractivity (Wildman–Crippen MR) is 142 cm³/mol. The molecule has 35 heavy (non-hydrogen) atoms. The number of phenols is 1. The molecule has 6 rings (SSSR count). The first-order valence-electron chi connectivity index (χ1n) is 12.0. The Labute approximate surface area is 213 Å². The molecule has 0 spiro atoms. The molecule has 1 atom stereocenters. The van der Waals surface area contributed by atoms with Gasteiger partial charge in [0.1, 0.15) is 17.3 Å². The van der Waals surface area contributed by atoms with Gasteiger partial charge in [-0.2, -0.15) is 0 Å². The molecule has 3 N–H and O–H groups in total. The summed E-state index contributed by atoms with van der Waals surface area (Å²) < 4.78 is 6.32. The molecular formula is C27H28N2O4S2. The highest BCUT2D eigenvalue weighted by atomic mass is 32.2. The lowest BCUT2D eigenvalue weighted by Crippen LogP contribution is -2.38. The molecule has 0 bridgehead atoms. The maximum Gasteiger partial charge on any atom is 0.138 e. The van der Waals surface area contributed by atoms with Crippen molar-refractivity contribution >= 4 is 34.8 Å². The SMILES string of the molecule is OCCN(CCO)C1C=CC2=C(c3cc4c5c(c3)SCCN5CCS4)c3ccc(O)cc3OC2=C1. The van der Waals surface area contributed by atoms with Gasteiger partial charge in [-0.25, -0.2) is 0 Å². The van der Waals surface area contributed by atoms with E-state index in [0.717, 1.165) is 52.6 Å². The zero-order valence-corrected chi connectivity index (χ0v) is 20.9. The molecule has 1 unspecified atom stereocenters. The van der Waals surface area contributed by atoms with Crippen LogP contribution in [0.4, 0.5) is 5.69 Å². The number of benzene rings is 2. The fraction of sp³-hybridized carbons (Fsp3) is 0.333. The second-order valence-corrected chi connectivity index (χ2v) is 11.2. The highest BCUT2D eigenvalue weighted by molar-refractivity contribution is 8.00. The molecule has 0 saturated heterocycles. The number of nitrogens with zero attached hydrogens (tertiary/aromatic N) is 2. The van der Waals surface area contributed by atoms with Gasteiger partial charge in [0.2, 0.25) is 0 Å². The average Bonchev–Trinajstić information content (AvgIpc) is 2.87. The summed E-state index contributed by atoms with van der Waals surface area (Å²) in [6, 6.07) is 9.85. The first kappa shape index (κ1) is 23.1. The number of hydrogen-bond donors (Lipinski definition) is 3. The zero-order chi connectivity index (χ0) is 23.9. The molecule has 2 aromatic rings. The number of anilines is 1. The number of aromatic hydroxyl groups is 1. The summed E-state index contributed by atoms with van der Waals surface area (Å²) in [4.78, 5) is 7.20. The van der Waals surface area contributed by atoms with Crippen molar-refractivity contribution in [2.45, 2.75) is 15.8 Å². The Morgan fingerprint density at radius 1 is 1.00 bits per heavy atom. The predicted octanol–water partition coefficient (Wildman–Crippen LogP) is 3.71. The molecule has 6 nitrogen and oxygen atoms in total. The monoisotopic (exact) mass is 508 g/mol. The van der Waals surface area contributed by atoms with E-state index in [1.165, 1.54) is 15.5 Å². The molecule has 8 heteroatoms. The summed E-state index contributed by atoms with van der Waals surface area (Å²) in [5.74, 6) is 3.73. The molecule has 0 amide bonds. The van der Waals surface area contributed by atoms with Crippen molar-refractivity contribution in [1.82, 2.24) is 4.90 Å². The van der Waals surface area contributed by atoms with Crippen molar-refractivity contribution in [2.24, 2.45) is 0 Å². The number of hydrogen-bond acceptors (Lipinski definition) is 8. The largest absolute Gasteiger partial charge is 0.508 e. The first-order valence-corrected chi connectivity index (χ1v) is 13.9. The fourth-order valence-electron chi connectivity index (χ4n) is 5.27. The Balaban J connectivity index is 1.50. The molecule has 182 valence electrons. The molecular weight excluding hydrogens is 480 g/mol. The van der Waals surface area contributed by atoms with Crippen LogP contribution in [0.2, 0.25) is 0 Å². The van der Waals surface area contributed by atoms with E-state index in [0.29, 0.717) is 18.8 Å². The van der Waals surface area contributed by atoms with E-state index in [2.05, 4.69) is 29.2 Å². The van der Waals surface area contributed by atoms with Gasteiger partial charge in [-0.05, 0) is 35.9 Å². The molecule has 0 fully saturated rings. The quantitative estimate of drug-likeness (QED) is 0.545. The zero-order valence-electron chi connectivity index (χ0n) is 19.3. The minimum Gasteiger partial charge on any atom is -0.508 e. The number of thioether (sulfide) groups is 2. The van der Waals surface area contributed by atoms with E-state index >= 15 is 0 Å². The van der Waals surface area contributed by atoms with E-state index in [-0.39, 0.29) is 25.0 Å². The van der Waals surface area contributed by atoms with Gasteiger partial charge in [0.15, 0.2) is 0 Å². The fourth-order valence-corrected chi connectivity index (χ4v) is 7.57. The highest BCUT2D eigenvalue weighted by Crippen LogP contribution is 2.50. The Kier molecular flexibility index (Phi) is 6.32. The van der Waals surface area contributed by atoms with Crippen LogP contribution < -0.4 is 9.64 Å². The topological polar surface area (TPSA) is 76.4 Å². The molecule has 1 aliphatic carbocycles. The van der Waals surface area contributed by atoms with Gasteiger partial charge in [0, 0.05) is 70.3 Å². The van der Waals surface area contributed by atoms with Crippen LogP contribution >= 0.6 is 23.5 Å². The molecule has 0 aromatic heterocycles. The van der Waals surface area contributed by atoms with Crippen LogP contribution in [0.25, 0.3) is 5.57 Å². The van der Waals surface area contributed by atoms with E-state index < -0.39 is 0 Å². The third kappa shape index (κ3) is 4.17. The normalized spacial score (nSPS) is 20.3. The second kappa shape index (κ2) is 9.59. The first-order chi connectivity index (χ1) is 17.2. The summed E-state index contributed by atoms with van der Waals surface area (Å²) in [5, 5.41) is 29.2. The van der Waals surface area contributed by atoms with E-state index in [4.69, 9.17) is 4.74 Å². The van der Waals surface area contributed by atoms with Gasteiger partial charge in [-0.3, -0.25) is 4.90 Å². The van der Waals surface area contributed by atoms with Crippen molar-refractivity contribution in [3.05, 3.63) is 71.0 Å². The smallest absolute Gasteiger partial charge is 0.138 e. The van der Waals surface area contributed by atoms with Crippen molar-refractivity contribution in [1.29, 1.82) is 0 Å². The number of aliphatic hydroxyl groups excluding tert-OH is 2. The third-order valence-corrected chi connectivity index (χ3v) is 8.87. The van der Waals surface area contributed by atoms with Crippen LogP contribution in [0.1, 0.15) is 11.1 Å². The Morgan fingerprint density at radius 2 is 1.71 bits per heavy atom. The van der Waals surface area contributed by atoms with Crippen molar-refractivity contribution in [2.75, 3.05) is 55.8 Å². The molecule has 3 aliphatic heterocycles. The standard InChI is InChI=1S/C27H28N2O4S2/c30-9-5-28(6-10-31)18-1-3-20-22(15-18)33-23-16-19(32)2-4-21(23)26(20)17-13-24-27-25(14-17)35-12-8-29(27)7-11-34-24/h1-4,13-16,18,30-32H,5-12H2. The van der Waals surface area contributed by atoms with Crippen molar-refractivity contribution in [3.63, 3.8) is 0 Å². The number of rotatable bonds is 6. The second-order valence-electron chi connectivity index (χ2n) is 8.94. The van der Waals surface area contributed by atoms with Gasteiger partial charge >= 0.3 is 0 Å². The minimum absolute atomic E-state index is 0.0171. The lowest BCUT2D eigenvalue weighted by atomic mass is 9.86. The lowest BCUT2D eigenvalue weighted by Gasteiger charge is -2.37. The Bertz CT molecular complexity index is 1220. The third-order valence-electron chi connectivity index (χ3n) is 6.85. The van der Waals surface area contributed by atoms with Gasteiger partial charge in [-0.1, -0.05) is 12.2 Å². The summed E-state index contributed by atoms with van der Waals surface area (Å²) in [6.45, 7) is 3.16. The number of phenolic OH excluding ortho intramolecular Hbond substituents is 1. The molecule has 0 radical (unpaired) electrons. The van der Waals surface area contributed by atoms with Gasteiger partial charge in [0.25, 0.3) is 0 Å². The Hall–Kier alpha value is -2.36. The van der Waals surface area contributed by atoms with Crippen molar-refractivity contribution in [3.8, 4) is 11.5 Å². The highest BCUT2D eigenvalue weighted by Gasteiger charge is 2.31. The molecule has 3 heterocycles. The number of ether oxygens (including phenoxy) is 1.